The number of hydrogen-bond donors (Lipinski definition) is 0. The Labute approximate surface area is 163 Å². The highest BCUT2D eigenvalue weighted by Crippen LogP contribution is 2.13. The van der Waals surface area contributed by atoms with Crippen molar-refractivity contribution in [1.29, 1.82) is 0 Å². The van der Waals surface area contributed by atoms with Gasteiger partial charge in [-0.25, -0.2) is 10.0 Å². The minimum absolute atomic E-state index is 0.695. The lowest BCUT2D eigenvalue weighted by atomic mass is 10.3. The summed E-state index contributed by atoms with van der Waals surface area (Å²) in [6.45, 7) is 8.56. The summed E-state index contributed by atoms with van der Waals surface area (Å²) in [5.41, 5.74) is 0.937. The predicted molar refractivity (Wildman–Crippen MR) is 108 cm³/mol. The molecule has 0 spiro atoms. The van der Waals surface area contributed by atoms with Gasteiger partial charge in [0.05, 0.1) is 25.1 Å². The molecule has 2 aromatic heterocycles. The van der Waals surface area contributed by atoms with Crippen LogP contribution in [0.4, 0.5) is 0 Å². The molecule has 0 saturated heterocycles. The van der Waals surface area contributed by atoms with Gasteiger partial charge in [0, 0.05) is 39.1 Å². The van der Waals surface area contributed by atoms with Crippen LogP contribution in [0.3, 0.4) is 0 Å². The molecule has 0 aliphatic rings. The number of rotatable bonds is 13. The Hall–Kier alpha value is -2.18. The van der Waals surface area contributed by atoms with Gasteiger partial charge in [0.2, 0.25) is 0 Å². The Morgan fingerprint density at radius 3 is 2.48 bits per heavy atom. The number of aromatic nitrogens is 2. The van der Waals surface area contributed by atoms with Crippen molar-refractivity contribution >= 4 is 0 Å². The summed E-state index contributed by atoms with van der Waals surface area (Å²) in [5.74, 6) is 1.70. The molecular weight excluding hydrogens is 340 g/mol. The Bertz CT molecular complexity index is 639. The minimum atomic E-state index is 0.695. The molecule has 2 rings (SSSR count). The van der Waals surface area contributed by atoms with Gasteiger partial charge in [0.1, 0.15) is 11.5 Å². The van der Waals surface area contributed by atoms with Crippen molar-refractivity contribution in [2.24, 2.45) is 0 Å². The zero-order valence-corrected chi connectivity index (χ0v) is 16.8. The monoisotopic (exact) mass is 372 g/mol. The lowest BCUT2D eigenvalue weighted by Gasteiger charge is -2.32. The van der Waals surface area contributed by atoms with E-state index >= 15 is 0 Å². The molecule has 0 aliphatic heterocycles. The molecule has 0 N–H and O–H groups in total. The maximum Gasteiger partial charge on any atom is 0.140 e. The van der Waals surface area contributed by atoms with E-state index < -0.39 is 0 Å². The van der Waals surface area contributed by atoms with E-state index in [-0.39, 0.29) is 0 Å². The Balaban J connectivity index is 1.65. The molecular formula is C21H32N4O2. The van der Waals surface area contributed by atoms with Gasteiger partial charge in [-0.2, -0.15) is 0 Å². The molecule has 27 heavy (non-hydrogen) atoms. The van der Waals surface area contributed by atoms with Crippen LogP contribution in [0.5, 0.6) is 11.5 Å². The highest BCUT2D eigenvalue weighted by atomic mass is 16.5. The number of hydrazine groups is 1. The topological polar surface area (TPSA) is 50.7 Å². The van der Waals surface area contributed by atoms with Crippen LogP contribution >= 0.6 is 0 Å². The zero-order chi connectivity index (χ0) is 19.3. The van der Waals surface area contributed by atoms with Gasteiger partial charge in [-0.3, -0.25) is 9.97 Å². The van der Waals surface area contributed by atoms with Crippen LogP contribution in [0, 0.1) is 6.92 Å². The second kappa shape index (κ2) is 12.3. The molecule has 0 radical (unpaired) electrons. The van der Waals surface area contributed by atoms with E-state index in [9.17, 15) is 0 Å². The Morgan fingerprint density at radius 1 is 0.963 bits per heavy atom. The number of aryl methyl sites for hydroxylation is 1. The Morgan fingerprint density at radius 2 is 1.74 bits per heavy atom. The third-order valence-corrected chi connectivity index (χ3v) is 4.27. The van der Waals surface area contributed by atoms with Crippen molar-refractivity contribution in [3.05, 3.63) is 48.5 Å². The molecule has 6 nitrogen and oxygen atoms in total. The van der Waals surface area contributed by atoms with Gasteiger partial charge in [0.25, 0.3) is 0 Å². The van der Waals surface area contributed by atoms with Gasteiger partial charge >= 0.3 is 0 Å². The minimum Gasteiger partial charge on any atom is -0.492 e. The predicted octanol–water partition coefficient (Wildman–Crippen LogP) is 3.58. The van der Waals surface area contributed by atoms with Crippen molar-refractivity contribution in [3.63, 3.8) is 0 Å². The fourth-order valence-electron chi connectivity index (χ4n) is 2.82. The van der Waals surface area contributed by atoms with E-state index in [4.69, 9.17) is 9.47 Å². The fraction of sp³-hybridized carbons (Fsp3) is 0.524. The van der Waals surface area contributed by atoms with Gasteiger partial charge in [-0.1, -0.05) is 6.92 Å². The smallest absolute Gasteiger partial charge is 0.140 e. The van der Waals surface area contributed by atoms with E-state index in [2.05, 4.69) is 34.0 Å². The van der Waals surface area contributed by atoms with Crippen LogP contribution in [-0.4, -0.2) is 59.9 Å². The molecule has 0 unspecified atom stereocenters. The van der Waals surface area contributed by atoms with Gasteiger partial charge in [0.15, 0.2) is 0 Å². The summed E-state index contributed by atoms with van der Waals surface area (Å²) in [6, 6.07) is 7.71. The first-order chi connectivity index (χ1) is 13.2. The first kappa shape index (κ1) is 21.1. The van der Waals surface area contributed by atoms with Crippen molar-refractivity contribution in [2.75, 3.05) is 39.9 Å². The maximum absolute atomic E-state index is 5.84. The maximum atomic E-state index is 5.84. The summed E-state index contributed by atoms with van der Waals surface area (Å²) in [6.07, 6.45) is 8.36. The van der Waals surface area contributed by atoms with Crippen LogP contribution in [0.25, 0.3) is 0 Å². The standard InChI is InChI=1S/C21H32N4O2/c1-4-13-25(15-8-16-26-20-9-5-11-22-18-20)24(3)14-7-17-27-21-10-6-12-23-19(21)2/h5-6,9-12,18H,4,7-8,13-17H2,1-3H3. The number of nitrogens with zero attached hydrogens (tertiary/aromatic N) is 4. The second-order valence-electron chi connectivity index (χ2n) is 6.51. The third-order valence-electron chi connectivity index (χ3n) is 4.27. The van der Waals surface area contributed by atoms with E-state index in [1.165, 1.54) is 0 Å². The van der Waals surface area contributed by atoms with Crippen LogP contribution in [0.2, 0.25) is 0 Å². The van der Waals surface area contributed by atoms with Crippen LogP contribution in [0.15, 0.2) is 42.9 Å². The molecule has 0 atom stereocenters. The molecule has 0 saturated carbocycles. The van der Waals surface area contributed by atoms with Gasteiger partial charge in [-0.05, 0) is 50.5 Å². The average molecular weight is 373 g/mol. The largest absolute Gasteiger partial charge is 0.492 e. The van der Waals surface area contributed by atoms with E-state index in [0.717, 1.165) is 56.1 Å². The summed E-state index contributed by atoms with van der Waals surface area (Å²) in [5, 5.41) is 4.69. The van der Waals surface area contributed by atoms with Gasteiger partial charge < -0.3 is 9.47 Å². The second-order valence-corrected chi connectivity index (χ2v) is 6.51. The quantitative estimate of drug-likeness (QED) is 0.396. The lowest BCUT2D eigenvalue weighted by Crippen LogP contribution is -2.42. The van der Waals surface area contributed by atoms with Crippen LogP contribution < -0.4 is 9.47 Å². The molecule has 2 aromatic rings. The van der Waals surface area contributed by atoms with Crippen LogP contribution in [0.1, 0.15) is 31.9 Å². The highest BCUT2D eigenvalue weighted by Gasteiger charge is 2.10. The van der Waals surface area contributed by atoms with E-state index in [1.54, 1.807) is 18.6 Å². The third kappa shape index (κ3) is 7.93. The normalized spacial score (nSPS) is 11.1. The first-order valence-corrected chi connectivity index (χ1v) is 9.74. The van der Waals surface area contributed by atoms with Crippen molar-refractivity contribution < 1.29 is 9.47 Å². The van der Waals surface area contributed by atoms with Crippen molar-refractivity contribution in [1.82, 2.24) is 20.0 Å². The molecule has 2 heterocycles. The van der Waals surface area contributed by atoms with E-state index in [1.807, 2.05) is 31.2 Å². The summed E-state index contributed by atoms with van der Waals surface area (Å²) >= 11 is 0. The number of ether oxygens (including phenoxy) is 2. The molecule has 0 aromatic carbocycles. The number of hydrogen-bond acceptors (Lipinski definition) is 6. The highest BCUT2D eigenvalue weighted by molar-refractivity contribution is 5.25. The molecule has 148 valence electrons. The molecule has 0 fully saturated rings. The molecule has 0 aliphatic carbocycles. The average Bonchev–Trinajstić information content (AvgIpc) is 2.69. The van der Waals surface area contributed by atoms with E-state index in [0.29, 0.717) is 13.2 Å². The SMILES string of the molecule is CCCN(CCCOc1cccnc1)N(C)CCCOc1cccnc1C. The fourth-order valence-corrected chi connectivity index (χ4v) is 2.82. The number of pyridine rings is 2. The Kier molecular flexibility index (Phi) is 9.58. The summed E-state index contributed by atoms with van der Waals surface area (Å²) in [7, 11) is 2.15. The first-order valence-electron chi connectivity index (χ1n) is 9.74. The zero-order valence-electron chi connectivity index (χ0n) is 16.8. The van der Waals surface area contributed by atoms with Gasteiger partial charge in [-0.15, -0.1) is 0 Å². The van der Waals surface area contributed by atoms with Crippen LogP contribution in [-0.2, 0) is 0 Å². The van der Waals surface area contributed by atoms with Crippen molar-refractivity contribution in [2.45, 2.75) is 33.1 Å². The molecule has 6 heteroatoms. The summed E-state index contributed by atoms with van der Waals surface area (Å²) in [4.78, 5) is 8.32. The lowest BCUT2D eigenvalue weighted by molar-refractivity contribution is -0.00732. The summed E-state index contributed by atoms with van der Waals surface area (Å²) < 4.78 is 11.6. The molecule has 0 amide bonds. The molecule has 0 bridgehead atoms. The van der Waals surface area contributed by atoms with Crippen molar-refractivity contribution in [3.8, 4) is 11.5 Å².